The van der Waals surface area contributed by atoms with Crippen molar-refractivity contribution in [3.05, 3.63) is 65.7 Å². The van der Waals surface area contributed by atoms with Gasteiger partial charge in [-0.3, -0.25) is 4.79 Å². The monoisotopic (exact) mass is 383 g/mol. The quantitative estimate of drug-likeness (QED) is 0.782. The number of sulfone groups is 1. The van der Waals surface area contributed by atoms with E-state index in [-0.39, 0.29) is 11.7 Å². The van der Waals surface area contributed by atoms with E-state index in [4.69, 9.17) is 0 Å². The van der Waals surface area contributed by atoms with Crippen molar-refractivity contribution in [2.45, 2.75) is 48.8 Å². The molecular weight excluding hydrogens is 358 g/mol. The minimum Gasteiger partial charge on any atom is -0.335 e. The molecule has 0 aromatic heterocycles. The molecule has 1 aliphatic heterocycles. The smallest absolute Gasteiger partial charge is 0.254 e. The Kier molecular flexibility index (Phi) is 5.04. The molecule has 2 aromatic rings. The van der Waals surface area contributed by atoms with Gasteiger partial charge in [0.25, 0.3) is 5.91 Å². The molecule has 27 heavy (non-hydrogen) atoms. The second-order valence-corrected chi connectivity index (χ2v) is 9.66. The largest absolute Gasteiger partial charge is 0.335 e. The van der Waals surface area contributed by atoms with Gasteiger partial charge in [0.05, 0.1) is 10.6 Å². The van der Waals surface area contributed by atoms with Crippen molar-refractivity contribution in [3.63, 3.8) is 0 Å². The van der Waals surface area contributed by atoms with Gasteiger partial charge in [-0.25, -0.2) is 8.42 Å². The number of carbonyl (C=O) groups is 1. The zero-order valence-corrected chi connectivity index (χ0v) is 16.2. The minimum absolute atomic E-state index is 0.0448. The molecule has 4 nitrogen and oxygen atoms in total. The van der Waals surface area contributed by atoms with Crippen LogP contribution >= 0.6 is 0 Å². The van der Waals surface area contributed by atoms with E-state index in [0.29, 0.717) is 28.0 Å². The molecule has 2 fully saturated rings. The van der Waals surface area contributed by atoms with Crippen LogP contribution in [0.15, 0.2) is 59.5 Å². The Morgan fingerprint density at radius 1 is 0.963 bits per heavy atom. The summed E-state index contributed by atoms with van der Waals surface area (Å²) < 4.78 is 25.3. The van der Waals surface area contributed by atoms with Crippen molar-refractivity contribution in [1.82, 2.24) is 4.90 Å². The van der Waals surface area contributed by atoms with Crippen molar-refractivity contribution in [1.29, 1.82) is 0 Å². The number of hydrogen-bond donors (Lipinski definition) is 0. The number of benzene rings is 2. The van der Waals surface area contributed by atoms with Gasteiger partial charge < -0.3 is 4.90 Å². The predicted octanol–water partition coefficient (Wildman–Crippen LogP) is 4.07. The van der Waals surface area contributed by atoms with Gasteiger partial charge in [0, 0.05) is 18.2 Å². The average Bonchev–Trinajstić information content (AvgIpc) is 3.09. The van der Waals surface area contributed by atoms with E-state index in [2.05, 4.69) is 0 Å². The van der Waals surface area contributed by atoms with Crippen LogP contribution in [0.4, 0.5) is 0 Å². The first-order valence-corrected chi connectivity index (χ1v) is 11.4. The molecule has 2 aromatic carbocycles. The van der Waals surface area contributed by atoms with Crippen molar-refractivity contribution in [3.8, 4) is 0 Å². The highest BCUT2D eigenvalue weighted by Crippen LogP contribution is 2.37. The van der Waals surface area contributed by atoms with E-state index < -0.39 is 9.84 Å². The summed E-state index contributed by atoms with van der Waals surface area (Å²) >= 11 is 0. The van der Waals surface area contributed by atoms with E-state index in [1.54, 1.807) is 54.6 Å². The Morgan fingerprint density at radius 2 is 1.74 bits per heavy atom. The lowest BCUT2D eigenvalue weighted by Crippen LogP contribution is -2.42. The average molecular weight is 384 g/mol. The molecule has 1 heterocycles. The van der Waals surface area contributed by atoms with Crippen LogP contribution in [0.5, 0.6) is 0 Å². The summed E-state index contributed by atoms with van der Waals surface area (Å²) in [7, 11) is -3.42. The Morgan fingerprint density at radius 3 is 2.44 bits per heavy atom. The zero-order valence-electron chi connectivity index (χ0n) is 15.4. The highest BCUT2D eigenvalue weighted by atomic mass is 32.2. The maximum Gasteiger partial charge on any atom is 0.254 e. The lowest BCUT2D eigenvalue weighted by Gasteiger charge is -2.37. The molecule has 0 spiro atoms. The fourth-order valence-corrected chi connectivity index (χ4v) is 5.61. The summed E-state index contributed by atoms with van der Waals surface area (Å²) in [5.41, 5.74) is 1.26. The molecule has 1 unspecified atom stereocenters. The first kappa shape index (κ1) is 18.2. The number of nitrogens with zero attached hydrogens (tertiary/aromatic N) is 1. The summed E-state index contributed by atoms with van der Waals surface area (Å²) in [6.45, 7) is 0.812. The minimum atomic E-state index is -3.42. The number of rotatable bonds is 5. The Hall–Kier alpha value is -2.14. The first-order chi connectivity index (χ1) is 13.0. The van der Waals surface area contributed by atoms with Crippen LogP contribution in [0.2, 0.25) is 0 Å². The van der Waals surface area contributed by atoms with E-state index in [9.17, 15) is 13.2 Å². The summed E-state index contributed by atoms with van der Waals surface area (Å²) in [5, 5.41) is 0. The lowest BCUT2D eigenvalue weighted by atomic mass is 9.78. The maximum absolute atomic E-state index is 13.1. The predicted molar refractivity (Wildman–Crippen MR) is 105 cm³/mol. The fourth-order valence-electron chi connectivity index (χ4n) is 4.25. The van der Waals surface area contributed by atoms with E-state index in [1.165, 1.54) is 19.3 Å². The van der Waals surface area contributed by atoms with Gasteiger partial charge in [-0.1, -0.05) is 36.8 Å². The van der Waals surface area contributed by atoms with Gasteiger partial charge in [0.1, 0.15) is 0 Å². The highest BCUT2D eigenvalue weighted by molar-refractivity contribution is 7.90. The van der Waals surface area contributed by atoms with Crippen molar-refractivity contribution < 1.29 is 13.2 Å². The summed E-state index contributed by atoms with van der Waals surface area (Å²) in [6.07, 6.45) is 5.89. The van der Waals surface area contributed by atoms with E-state index >= 15 is 0 Å². The first-order valence-electron chi connectivity index (χ1n) is 9.72. The number of amides is 1. The van der Waals surface area contributed by atoms with Crippen LogP contribution in [-0.4, -0.2) is 31.8 Å². The summed E-state index contributed by atoms with van der Waals surface area (Å²) in [4.78, 5) is 15.4. The second kappa shape index (κ2) is 7.47. The third-order valence-corrected chi connectivity index (χ3v) is 7.59. The molecule has 1 amide bonds. The SMILES string of the molecule is O=C(c1cccc(CS(=O)(=O)c2ccccc2)c1)N1CCCC1C1CCC1. The second-order valence-electron chi connectivity index (χ2n) is 7.67. The lowest BCUT2D eigenvalue weighted by molar-refractivity contribution is 0.0626. The van der Waals surface area contributed by atoms with Crippen molar-refractivity contribution in [2.75, 3.05) is 6.54 Å². The molecule has 1 saturated heterocycles. The molecule has 0 radical (unpaired) electrons. The molecule has 1 saturated carbocycles. The van der Waals surface area contributed by atoms with Gasteiger partial charge in [-0.2, -0.15) is 0 Å². The van der Waals surface area contributed by atoms with Crippen LogP contribution in [0.3, 0.4) is 0 Å². The van der Waals surface area contributed by atoms with Crippen molar-refractivity contribution in [2.24, 2.45) is 5.92 Å². The van der Waals surface area contributed by atoms with Crippen molar-refractivity contribution >= 4 is 15.7 Å². The highest BCUT2D eigenvalue weighted by Gasteiger charge is 2.37. The Balaban J connectivity index is 1.53. The topological polar surface area (TPSA) is 54.5 Å². The number of carbonyl (C=O) groups excluding carboxylic acids is 1. The molecule has 2 aliphatic rings. The Bertz CT molecular complexity index is 920. The van der Waals surface area contributed by atoms with E-state index in [1.807, 2.05) is 4.90 Å². The van der Waals surface area contributed by atoms with Gasteiger partial charge >= 0.3 is 0 Å². The summed E-state index contributed by atoms with van der Waals surface area (Å²) in [6, 6.07) is 15.9. The van der Waals surface area contributed by atoms with Gasteiger partial charge in [-0.05, 0) is 61.4 Å². The van der Waals surface area contributed by atoms with Crippen LogP contribution in [0, 0.1) is 5.92 Å². The Labute approximate surface area is 161 Å². The summed E-state index contributed by atoms with van der Waals surface area (Å²) in [5.74, 6) is 0.603. The van der Waals surface area contributed by atoms with Crippen LogP contribution in [-0.2, 0) is 15.6 Å². The van der Waals surface area contributed by atoms with Gasteiger partial charge in [-0.15, -0.1) is 0 Å². The van der Waals surface area contributed by atoms with Gasteiger partial charge in [0.15, 0.2) is 9.84 Å². The molecule has 142 valence electrons. The zero-order chi connectivity index (χ0) is 18.9. The van der Waals surface area contributed by atoms with Crippen LogP contribution in [0.25, 0.3) is 0 Å². The molecule has 4 rings (SSSR count). The van der Waals surface area contributed by atoms with E-state index in [0.717, 1.165) is 19.4 Å². The maximum atomic E-state index is 13.1. The third kappa shape index (κ3) is 3.79. The molecule has 0 N–H and O–H groups in total. The third-order valence-electron chi connectivity index (χ3n) is 5.89. The van der Waals surface area contributed by atoms with Crippen LogP contribution in [0.1, 0.15) is 48.0 Å². The molecular formula is C22H25NO3S. The normalized spacial score (nSPS) is 20.4. The van der Waals surface area contributed by atoms with Gasteiger partial charge in [0.2, 0.25) is 0 Å². The molecule has 0 bridgehead atoms. The van der Waals surface area contributed by atoms with Crippen LogP contribution < -0.4 is 0 Å². The molecule has 1 aliphatic carbocycles. The standard InChI is InChI=1S/C22H25NO3S/c24-22(23-14-6-13-21(23)18-8-5-9-18)19-10-4-7-17(15-19)16-27(25,26)20-11-2-1-3-12-20/h1-4,7,10-12,15,18,21H,5-6,8-9,13-14,16H2. The number of likely N-dealkylation sites (tertiary alicyclic amines) is 1. The molecule has 1 atom stereocenters. The number of hydrogen-bond acceptors (Lipinski definition) is 3. The fraction of sp³-hybridized carbons (Fsp3) is 0.409. The molecule has 5 heteroatoms.